The van der Waals surface area contributed by atoms with E-state index in [0.29, 0.717) is 12.0 Å². The van der Waals surface area contributed by atoms with E-state index in [2.05, 4.69) is 5.32 Å². The van der Waals surface area contributed by atoms with Gasteiger partial charge in [0, 0.05) is 0 Å². The van der Waals surface area contributed by atoms with Crippen molar-refractivity contribution in [1.29, 1.82) is 0 Å². The average Bonchev–Trinajstić information content (AvgIpc) is 2.18. The third kappa shape index (κ3) is 3.42. The van der Waals surface area contributed by atoms with Crippen LogP contribution >= 0.6 is 0 Å². The SMILES string of the molecule is CCNCCCc1cc(F)ccc1F. The normalized spacial score (nSPS) is 10.5. The summed E-state index contributed by atoms with van der Waals surface area (Å²) >= 11 is 0. The molecule has 0 heterocycles. The predicted octanol–water partition coefficient (Wildman–Crippen LogP) is 2.51. The first-order chi connectivity index (χ1) is 6.74. The molecule has 0 saturated carbocycles. The van der Waals surface area contributed by atoms with E-state index >= 15 is 0 Å². The van der Waals surface area contributed by atoms with Crippen molar-refractivity contribution in [3.05, 3.63) is 35.4 Å². The molecule has 0 fully saturated rings. The Bertz CT molecular complexity index is 287. The summed E-state index contributed by atoms with van der Waals surface area (Å²) in [6.07, 6.45) is 1.41. The predicted molar refractivity (Wildman–Crippen MR) is 53.2 cm³/mol. The lowest BCUT2D eigenvalue weighted by Crippen LogP contribution is -2.14. The van der Waals surface area contributed by atoms with E-state index in [0.717, 1.165) is 25.6 Å². The number of nitrogens with one attached hydrogen (secondary N) is 1. The second kappa shape index (κ2) is 5.70. The van der Waals surface area contributed by atoms with Crippen LogP contribution in [0.15, 0.2) is 18.2 Å². The number of halogens is 2. The van der Waals surface area contributed by atoms with E-state index in [-0.39, 0.29) is 11.6 Å². The second-order valence-electron chi connectivity index (χ2n) is 3.19. The number of benzene rings is 1. The fourth-order valence-corrected chi connectivity index (χ4v) is 1.32. The summed E-state index contributed by atoms with van der Waals surface area (Å²) in [6, 6.07) is 3.59. The maximum Gasteiger partial charge on any atom is 0.126 e. The summed E-state index contributed by atoms with van der Waals surface area (Å²) in [4.78, 5) is 0. The van der Waals surface area contributed by atoms with Gasteiger partial charge in [-0.2, -0.15) is 0 Å². The van der Waals surface area contributed by atoms with E-state index in [9.17, 15) is 8.78 Å². The second-order valence-corrected chi connectivity index (χ2v) is 3.19. The molecular weight excluding hydrogens is 184 g/mol. The highest BCUT2D eigenvalue weighted by molar-refractivity contribution is 5.18. The van der Waals surface area contributed by atoms with Crippen molar-refractivity contribution < 1.29 is 8.78 Å². The fourth-order valence-electron chi connectivity index (χ4n) is 1.32. The summed E-state index contributed by atoms with van der Waals surface area (Å²) in [7, 11) is 0. The number of aryl methyl sites for hydroxylation is 1. The molecule has 0 atom stereocenters. The number of hydrogen-bond donors (Lipinski definition) is 1. The zero-order valence-electron chi connectivity index (χ0n) is 8.32. The van der Waals surface area contributed by atoms with Gasteiger partial charge in [-0.1, -0.05) is 6.92 Å². The zero-order valence-corrected chi connectivity index (χ0v) is 8.32. The lowest BCUT2D eigenvalue weighted by atomic mass is 10.1. The van der Waals surface area contributed by atoms with Gasteiger partial charge < -0.3 is 5.32 Å². The smallest absolute Gasteiger partial charge is 0.126 e. The van der Waals surface area contributed by atoms with Gasteiger partial charge in [0.05, 0.1) is 0 Å². The van der Waals surface area contributed by atoms with Crippen molar-refractivity contribution in [3.8, 4) is 0 Å². The maximum atomic E-state index is 13.1. The van der Waals surface area contributed by atoms with E-state index in [4.69, 9.17) is 0 Å². The Hall–Kier alpha value is -0.960. The quantitative estimate of drug-likeness (QED) is 0.718. The Balaban J connectivity index is 2.45. The van der Waals surface area contributed by atoms with Gasteiger partial charge in [0.15, 0.2) is 0 Å². The molecule has 1 rings (SSSR count). The molecule has 0 aliphatic rings. The molecular formula is C11H15F2N. The summed E-state index contributed by atoms with van der Waals surface area (Å²) in [5.41, 5.74) is 0.461. The lowest BCUT2D eigenvalue weighted by Gasteiger charge is -2.03. The van der Waals surface area contributed by atoms with Crippen LogP contribution in [0.2, 0.25) is 0 Å². The molecule has 0 amide bonds. The molecule has 0 saturated heterocycles. The molecule has 1 aromatic carbocycles. The average molecular weight is 199 g/mol. The van der Waals surface area contributed by atoms with Crippen LogP contribution in [0.25, 0.3) is 0 Å². The van der Waals surface area contributed by atoms with E-state index in [1.54, 1.807) is 0 Å². The standard InChI is InChI=1S/C11H15F2N/c1-2-14-7-3-4-9-8-10(12)5-6-11(9)13/h5-6,8,14H,2-4,7H2,1H3. The first-order valence-corrected chi connectivity index (χ1v) is 4.88. The first kappa shape index (κ1) is 11.1. The molecule has 0 radical (unpaired) electrons. The fraction of sp³-hybridized carbons (Fsp3) is 0.455. The molecule has 78 valence electrons. The van der Waals surface area contributed by atoms with Crippen LogP contribution in [0.3, 0.4) is 0 Å². The molecule has 1 aromatic rings. The minimum absolute atomic E-state index is 0.317. The van der Waals surface area contributed by atoms with Crippen LogP contribution in [0, 0.1) is 11.6 Å². The summed E-state index contributed by atoms with van der Waals surface area (Å²) in [6.45, 7) is 3.76. The Labute approximate surface area is 83.1 Å². The van der Waals surface area contributed by atoms with Crippen LogP contribution in [-0.2, 0) is 6.42 Å². The van der Waals surface area contributed by atoms with Crippen LogP contribution in [0.5, 0.6) is 0 Å². The highest BCUT2D eigenvalue weighted by Gasteiger charge is 2.02. The third-order valence-electron chi connectivity index (χ3n) is 2.06. The van der Waals surface area contributed by atoms with Crippen molar-refractivity contribution in [2.24, 2.45) is 0 Å². The van der Waals surface area contributed by atoms with Gasteiger partial charge in [-0.05, 0) is 49.7 Å². The molecule has 1 N–H and O–H groups in total. The maximum absolute atomic E-state index is 13.1. The Morgan fingerprint density at radius 1 is 1.29 bits per heavy atom. The molecule has 0 aromatic heterocycles. The Morgan fingerprint density at radius 3 is 2.79 bits per heavy atom. The first-order valence-electron chi connectivity index (χ1n) is 4.88. The van der Waals surface area contributed by atoms with Gasteiger partial charge in [-0.15, -0.1) is 0 Å². The van der Waals surface area contributed by atoms with Gasteiger partial charge in [-0.3, -0.25) is 0 Å². The van der Waals surface area contributed by atoms with Gasteiger partial charge in [0.2, 0.25) is 0 Å². The topological polar surface area (TPSA) is 12.0 Å². The van der Waals surface area contributed by atoms with E-state index < -0.39 is 0 Å². The van der Waals surface area contributed by atoms with Gasteiger partial charge in [0.1, 0.15) is 11.6 Å². The summed E-state index contributed by atoms with van der Waals surface area (Å²) < 4.78 is 25.8. The molecule has 0 bridgehead atoms. The Kier molecular flexibility index (Phi) is 4.53. The van der Waals surface area contributed by atoms with E-state index in [1.165, 1.54) is 12.1 Å². The zero-order chi connectivity index (χ0) is 10.4. The van der Waals surface area contributed by atoms with Crippen LogP contribution in [0.1, 0.15) is 18.9 Å². The van der Waals surface area contributed by atoms with Crippen molar-refractivity contribution in [1.82, 2.24) is 5.32 Å². The van der Waals surface area contributed by atoms with Gasteiger partial charge in [-0.25, -0.2) is 8.78 Å². The molecule has 0 aliphatic heterocycles. The highest BCUT2D eigenvalue weighted by atomic mass is 19.1. The van der Waals surface area contributed by atoms with Crippen LogP contribution < -0.4 is 5.32 Å². The lowest BCUT2D eigenvalue weighted by molar-refractivity contribution is 0.576. The third-order valence-corrected chi connectivity index (χ3v) is 2.06. The van der Waals surface area contributed by atoms with Crippen molar-refractivity contribution in [3.63, 3.8) is 0 Å². The molecule has 3 heteroatoms. The molecule has 1 nitrogen and oxygen atoms in total. The monoisotopic (exact) mass is 199 g/mol. The number of rotatable bonds is 5. The van der Waals surface area contributed by atoms with Crippen molar-refractivity contribution >= 4 is 0 Å². The molecule has 0 unspecified atom stereocenters. The molecule has 14 heavy (non-hydrogen) atoms. The minimum Gasteiger partial charge on any atom is -0.317 e. The van der Waals surface area contributed by atoms with Crippen molar-refractivity contribution in [2.75, 3.05) is 13.1 Å². The molecule has 0 spiro atoms. The largest absolute Gasteiger partial charge is 0.317 e. The van der Waals surface area contributed by atoms with Crippen LogP contribution in [0.4, 0.5) is 8.78 Å². The minimum atomic E-state index is -0.371. The summed E-state index contributed by atoms with van der Waals surface area (Å²) in [5, 5.41) is 3.14. The highest BCUT2D eigenvalue weighted by Crippen LogP contribution is 2.11. The summed E-state index contributed by atoms with van der Waals surface area (Å²) in [5.74, 6) is -0.687. The molecule has 0 aliphatic carbocycles. The van der Waals surface area contributed by atoms with Gasteiger partial charge in [0.25, 0.3) is 0 Å². The number of hydrogen-bond acceptors (Lipinski definition) is 1. The van der Waals surface area contributed by atoms with Gasteiger partial charge >= 0.3 is 0 Å². The van der Waals surface area contributed by atoms with E-state index in [1.807, 2.05) is 6.92 Å². The van der Waals surface area contributed by atoms with Crippen LogP contribution in [-0.4, -0.2) is 13.1 Å². The Morgan fingerprint density at radius 2 is 2.07 bits per heavy atom. The van der Waals surface area contributed by atoms with Crippen molar-refractivity contribution in [2.45, 2.75) is 19.8 Å².